The molecular formula is C15H23ClN2O2. The quantitative estimate of drug-likeness (QED) is 0.873. The zero-order valence-electron chi connectivity index (χ0n) is 12.2. The number of nitrogens with one attached hydrogen (secondary N) is 1. The van der Waals surface area contributed by atoms with Crippen LogP contribution in [0.2, 0.25) is 5.02 Å². The van der Waals surface area contributed by atoms with E-state index in [1.807, 2.05) is 12.1 Å². The first-order chi connectivity index (χ1) is 9.74. The molecule has 0 spiro atoms. The number of halogens is 1. The van der Waals surface area contributed by atoms with Crippen LogP contribution in [0.25, 0.3) is 0 Å². The van der Waals surface area contributed by atoms with Crippen molar-refractivity contribution >= 4 is 11.6 Å². The van der Waals surface area contributed by atoms with Crippen LogP contribution in [0.5, 0.6) is 11.5 Å². The van der Waals surface area contributed by atoms with Crippen LogP contribution >= 0.6 is 11.6 Å². The second kappa shape index (κ2) is 7.72. The van der Waals surface area contributed by atoms with Gasteiger partial charge in [-0.2, -0.15) is 0 Å². The van der Waals surface area contributed by atoms with Crippen LogP contribution < -0.4 is 14.8 Å². The second-order valence-electron chi connectivity index (χ2n) is 5.01. The van der Waals surface area contributed by atoms with Gasteiger partial charge in [-0.25, -0.2) is 0 Å². The largest absolute Gasteiger partial charge is 0.493 e. The van der Waals surface area contributed by atoms with Crippen LogP contribution in [0.1, 0.15) is 12.0 Å². The molecule has 4 nitrogen and oxygen atoms in total. The second-order valence-corrected chi connectivity index (χ2v) is 5.42. The third-order valence-electron chi connectivity index (χ3n) is 3.64. The van der Waals surface area contributed by atoms with Crippen molar-refractivity contribution in [3.63, 3.8) is 0 Å². The van der Waals surface area contributed by atoms with Crippen LogP contribution in [0.4, 0.5) is 0 Å². The summed E-state index contributed by atoms with van der Waals surface area (Å²) >= 11 is 6.22. The van der Waals surface area contributed by atoms with E-state index in [1.165, 1.54) is 5.56 Å². The van der Waals surface area contributed by atoms with Crippen molar-refractivity contribution in [2.24, 2.45) is 0 Å². The van der Waals surface area contributed by atoms with E-state index in [0.717, 1.165) is 45.6 Å². The SMILES string of the molecule is COc1cc(CCCN2CCNCC2)cc(Cl)c1OC. The molecular weight excluding hydrogens is 276 g/mol. The van der Waals surface area contributed by atoms with Gasteiger partial charge in [-0.05, 0) is 37.1 Å². The summed E-state index contributed by atoms with van der Waals surface area (Å²) in [4.78, 5) is 2.50. The molecule has 1 aromatic carbocycles. The summed E-state index contributed by atoms with van der Waals surface area (Å²) < 4.78 is 10.6. The fourth-order valence-corrected chi connectivity index (χ4v) is 2.87. The van der Waals surface area contributed by atoms with Crippen molar-refractivity contribution in [1.29, 1.82) is 0 Å². The monoisotopic (exact) mass is 298 g/mol. The van der Waals surface area contributed by atoms with Crippen LogP contribution in [-0.4, -0.2) is 51.8 Å². The minimum absolute atomic E-state index is 0.611. The van der Waals surface area contributed by atoms with Crippen LogP contribution in [0.3, 0.4) is 0 Å². The average Bonchev–Trinajstić information content (AvgIpc) is 2.47. The first-order valence-electron chi connectivity index (χ1n) is 7.08. The Morgan fingerprint density at radius 2 is 1.95 bits per heavy atom. The van der Waals surface area contributed by atoms with E-state index in [0.29, 0.717) is 16.5 Å². The maximum Gasteiger partial charge on any atom is 0.179 e. The highest BCUT2D eigenvalue weighted by Gasteiger charge is 2.12. The molecule has 0 aliphatic carbocycles. The predicted molar refractivity (Wildman–Crippen MR) is 82.2 cm³/mol. The van der Waals surface area contributed by atoms with Gasteiger partial charge in [-0.15, -0.1) is 0 Å². The maximum atomic E-state index is 6.22. The smallest absolute Gasteiger partial charge is 0.179 e. The molecule has 1 saturated heterocycles. The summed E-state index contributed by atoms with van der Waals surface area (Å²) in [5.74, 6) is 1.32. The van der Waals surface area contributed by atoms with E-state index < -0.39 is 0 Å². The van der Waals surface area contributed by atoms with Gasteiger partial charge in [0.1, 0.15) is 0 Å². The average molecular weight is 299 g/mol. The van der Waals surface area contributed by atoms with Crippen molar-refractivity contribution in [3.8, 4) is 11.5 Å². The summed E-state index contributed by atoms with van der Waals surface area (Å²) in [6, 6.07) is 3.99. The van der Waals surface area contributed by atoms with Crippen LogP contribution in [-0.2, 0) is 6.42 Å². The van der Waals surface area contributed by atoms with Crippen molar-refractivity contribution in [1.82, 2.24) is 10.2 Å². The molecule has 0 saturated carbocycles. The van der Waals surface area contributed by atoms with Gasteiger partial charge in [0.25, 0.3) is 0 Å². The third-order valence-corrected chi connectivity index (χ3v) is 3.92. The number of ether oxygens (including phenoxy) is 2. The van der Waals surface area contributed by atoms with E-state index in [2.05, 4.69) is 10.2 Å². The Morgan fingerprint density at radius 1 is 1.20 bits per heavy atom. The summed E-state index contributed by atoms with van der Waals surface area (Å²) in [7, 11) is 3.24. The highest BCUT2D eigenvalue weighted by atomic mass is 35.5. The van der Waals surface area contributed by atoms with Crippen molar-refractivity contribution < 1.29 is 9.47 Å². The summed E-state index contributed by atoms with van der Waals surface area (Å²) in [5.41, 5.74) is 1.20. The van der Waals surface area contributed by atoms with Crippen LogP contribution in [0.15, 0.2) is 12.1 Å². The topological polar surface area (TPSA) is 33.7 Å². The van der Waals surface area contributed by atoms with Gasteiger partial charge >= 0.3 is 0 Å². The molecule has 1 fully saturated rings. The molecule has 0 radical (unpaired) electrons. The zero-order chi connectivity index (χ0) is 14.4. The number of hydrogen-bond acceptors (Lipinski definition) is 4. The summed E-state index contributed by atoms with van der Waals surface area (Å²) in [6.07, 6.45) is 2.13. The lowest BCUT2D eigenvalue weighted by atomic mass is 10.1. The van der Waals surface area contributed by atoms with Gasteiger partial charge in [0, 0.05) is 26.2 Å². The van der Waals surface area contributed by atoms with Gasteiger partial charge in [-0.3, -0.25) is 0 Å². The molecule has 0 bridgehead atoms. The maximum absolute atomic E-state index is 6.22. The Kier molecular flexibility index (Phi) is 5.95. The van der Waals surface area contributed by atoms with E-state index in [-0.39, 0.29) is 0 Å². The Labute approximate surface area is 126 Å². The highest BCUT2D eigenvalue weighted by molar-refractivity contribution is 6.32. The van der Waals surface area contributed by atoms with Gasteiger partial charge in [0.05, 0.1) is 19.2 Å². The van der Waals surface area contributed by atoms with Gasteiger partial charge < -0.3 is 19.7 Å². The Morgan fingerprint density at radius 3 is 2.60 bits per heavy atom. The number of benzene rings is 1. The highest BCUT2D eigenvalue weighted by Crippen LogP contribution is 2.36. The number of piperazine rings is 1. The van der Waals surface area contributed by atoms with Gasteiger partial charge in [-0.1, -0.05) is 11.6 Å². The lowest BCUT2D eigenvalue weighted by Crippen LogP contribution is -2.43. The summed E-state index contributed by atoms with van der Waals surface area (Å²) in [6.45, 7) is 5.62. The van der Waals surface area contributed by atoms with E-state index >= 15 is 0 Å². The Bertz CT molecular complexity index is 434. The fourth-order valence-electron chi connectivity index (χ4n) is 2.56. The summed E-state index contributed by atoms with van der Waals surface area (Å²) in [5, 5.41) is 3.98. The number of rotatable bonds is 6. The lowest BCUT2D eigenvalue weighted by molar-refractivity contribution is 0.238. The molecule has 0 aromatic heterocycles. The fraction of sp³-hybridized carbons (Fsp3) is 0.600. The molecule has 1 aliphatic heterocycles. The van der Waals surface area contributed by atoms with E-state index in [9.17, 15) is 0 Å². The normalized spacial score (nSPS) is 16.1. The predicted octanol–water partition coefficient (Wildman–Crippen LogP) is 2.19. The third kappa shape index (κ3) is 4.01. The number of methoxy groups -OCH3 is 2. The molecule has 1 heterocycles. The van der Waals surface area contributed by atoms with Crippen LogP contribution in [0, 0.1) is 0 Å². The number of aryl methyl sites for hydroxylation is 1. The molecule has 1 aromatic rings. The molecule has 1 aliphatic rings. The van der Waals surface area contributed by atoms with Crippen molar-refractivity contribution in [2.45, 2.75) is 12.8 Å². The Balaban J connectivity index is 1.90. The molecule has 112 valence electrons. The Hall–Kier alpha value is -0.970. The number of hydrogen-bond donors (Lipinski definition) is 1. The molecule has 20 heavy (non-hydrogen) atoms. The molecule has 0 amide bonds. The molecule has 5 heteroatoms. The first kappa shape index (κ1) is 15.4. The molecule has 0 unspecified atom stereocenters. The van der Waals surface area contributed by atoms with Crippen molar-refractivity contribution in [3.05, 3.63) is 22.7 Å². The molecule has 1 N–H and O–H groups in total. The zero-order valence-corrected chi connectivity index (χ0v) is 13.0. The lowest BCUT2D eigenvalue weighted by Gasteiger charge is -2.27. The first-order valence-corrected chi connectivity index (χ1v) is 7.46. The minimum atomic E-state index is 0.611. The number of nitrogens with zero attached hydrogens (tertiary/aromatic N) is 1. The van der Waals surface area contributed by atoms with Gasteiger partial charge in [0.15, 0.2) is 11.5 Å². The van der Waals surface area contributed by atoms with E-state index in [1.54, 1.807) is 14.2 Å². The molecule has 2 rings (SSSR count). The van der Waals surface area contributed by atoms with Gasteiger partial charge in [0.2, 0.25) is 0 Å². The standard InChI is InChI=1S/C15H23ClN2O2/c1-19-14-11-12(10-13(16)15(14)20-2)4-3-7-18-8-5-17-6-9-18/h10-11,17H,3-9H2,1-2H3. The van der Waals surface area contributed by atoms with E-state index in [4.69, 9.17) is 21.1 Å². The molecule has 0 atom stereocenters. The minimum Gasteiger partial charge on any atom is -0.493 e. The van der Waals surface area contributed by atoms with Crippen molar-refractivity contribution in [2.75, 3.05) is 46.9 Å².